The molecule has 0 spiro atoms. The molecule has 0 aliphatic carbocycles. The molecule has 0 heterocycles. The Kier molecular flexibility index (Phi) is 4.65. The molecule has 5 nitrogen and oxygen atoms in total. The second-order valence-corrected chi connectivity index (χ2v) is 7.35. The molecule has 0 fully saturated rings. The summed E-state index contributed by atoms with van der Waals surface area (Å²) in [4.78, 5) is 23.7. The van der Waals surface area contributed by atoms with Crippen LogP contribution in [-0.2, 0) is 9.84 Å². The van der Waals surface area contributed by atoms with E-state index in [9.17, 15) is 18.0 Å². The minimum atomic E-state index is -3.38. The fourth-order valence-electron chi connectivity index (χ4n) is 2.06. The van der Waals surface area contributed by atoms with E-state index in [4.69, 9.17) is 0 Å². The molecule has 2 aromatic carbocycles. The van der Waals surface area contributed by atoms with Crippen LogP contribution < -0.4 is 5.32 Å². The number of Topliss-reactive ketones (excluding diaryl/α,β-unsaturated/α-hetero) is 1. The molecule has 120 valence electrons. The summed E-state index contributed by atoms with van der Waals surface area (Å²) in [5.41, 5.74) is 2.06. The van der Waals surface area contributed by atoms with Crippen molar-refractivity contribution in [2.45, 2.75) is 18.7 Å². The molecule has 0 saturated carbocycles. The predicted octanol–water partition coefficient (Wildman–Crippen LogP) is 2.85. The van der Waals surface area contributed by atoms with Gasteiger partial charge in [0.05, 0.1) is 4.90 Å². The van der Waals surface area contributed by atoms with E-state index in [1.54, 1.807) is 37.3 Å². The molecule has 2 rings (SSSR count). The number of sulfone groups is 1. The lowest BCUT2D eigenvalue weighted by Gasteiger charge is -2.09. The molecule has 2 aromatic rings. The number of ketones is 1. The number of carbonyl (C=O) groups is 2. The molecule has 0 aliphatic heterocycles. The zero-order chi connectivity index (χ0) is 17.2. The zero-order valence-corrected chi connectivity index (χ0v) is 13.9. The molecule has 0 unspecified atom stereocenters. The first-order chi connectivity index (χ1) is 10.7. The number of carbonyl (C=O) groups excluding carboxylic acids is 2. The lowest BCUT2D eigenvalue weighted by atomic mass is 10.1. The first-order valence-corrected chi connectivity index (χ1v) is 8.80. The highest BCUT2D eigenvalue weighted by Gasteiger charge is 2.14. The standard InChI is InChI=1S/C17H17NO4S/c1-11-4-9-15(23(3,21)22)10-16(11)17(20)18-14-7-5-13(6-8-14)12(2)19/h4-10H,1-3H3,(H,18,20). The number of benzene rings is 2. The van der Waals surface area contributed by atoms with E-state index in [0.29, 0.717) is 22.4 Å². The fraction of sp³-hybridized carbons (Fsp3) is 0.176. The first kappa shape index (κ1) is 16.9. The van der Waals surface area contributed by atoms with Crippen molar-refractivity contribution in [1.29, 1.82) is 0 Å². The van der Waals surface area contributed by atoms with Gasteiger partial charge >= 0.3 is 0 Å². The maximum absolute atomic E-state index is 12.4. The van der Waals surface area contributed by atoms with Crippen molar-refractivity contribution in [2.75, 3.05) is 11.6 Å². The molecule has 0 saturated heterocycles. The summed E-state index contributed by atoms with van der Waals surface area (Å²) in [6.07, 6.45) is 1.10. The van der Waals surface area contributed by atoms with E-state index < -0.39 is 15.7 Å². The fourth-order valence-corrected chi connectivity index (χ4v) is 2.71. The van der Waals surface area contributed by atoms with Crippen LogP contribution in [0.15, 0.2) is 47.4 Å². The topological polar surface area (TPSA) is 80.3 Å². The van der Waals surface area contributed by atoms with Crippen LogP contribution in [0.3, 0.4) is 0 Å². The SMILES string of the molecule is CC(=O)c1ccc(NC(=O)c2cc(S(C)(=O)=O)ccc2C)cc1. The second kappa shape index (κ2) is 6.34. The smallest absolute Gasteiger partial charge is 0.255 e. The largest absolute Gasteiger partial charge is 0.322 e. The van der Waals surface area contributed by atoms with Gasteiger partial charge in [0, 0.05) is 23.1 Å². The summed E-state index contributed by atoms with van der Waals surface area (Å²) in [5, 5.41) is 2.70. The normalized spacial score (nSPS) is 11.1. The van der Waals surface area contributed by atoms with Crippen LogP contribution in [-0.4, -0.2) is 26.4 Å². The van der Waals surface area contributed by atoms with Gasteiger partial charge in [-0.25, -0.2) is 8.42 Å². The molecule has 6 heteroatoms. The van der Waals surface area contributed by atoms with Gasteiger partial charge in [-0.1, -0.05) is 6.07 Å². The summed E-state index contributed by atoms with van der Waals surface area (Å²) < 4.78 is 23.2. The summed E-state index contributed by atoms with van der Waals surface area (Å²) >= 11 is 0. The molecule has 0 aromatic heterocycles. The molecule has 23 heavy (non-hydrogen) atoms. The van der Waals surface area contributed by atoms with Crippen molar-refractivity contribution >= 4 is 27.2 Å². The van der Waals surface area contributed by atoms with Gasteiger partial charge in [0.25, 0.3) is 5.91 Å². The predicted molar refractivity (Wildman–Crippen MR) is 88.7 cm³/mol. The van der Waals surface area contributed by atoms with E-state index in [1.165, 1.54) is 19.1 Å². The summed E-state index contributed by atoms with van der Waals surface area (Å²) in [7, 11) is -3.38. The van der Waals surface area contributed by atoms with Crippen LogP contribution in [0.5, 0.6) is 0 Å². The molecule has 1 amide bonds. The van der Waals surface area contributed by atoms with Crippen molar-refractivity contribution in [1.82, 2.24) is 0 Å². The van der Waals surface area contributed by atoms with Crippen molar-refractivity contribution in [3.05, 3.63) is 59.2 Å². The first-order valence-electron chi connectivity index (χ1n) is 6.91. The number of anilines is 1. The molecule has 0 atom stereocenters. The third-order valence-electron chi connectivity index (χ3n) is 3.43. The van der Waals surface area contributed by atoms with Crippen LogP contribution in [0.1, 0.15) is 33.2 Å². The maximum Gasteiger partial charge on any atom is 0.255 e. The Morgan fingerprint density at radius 1 is 1.00 bits per heavy atom. The lowest BCUT2D eigenvalue weighted by Crippen LogP contribution is -2.14. The van der Waals surface area contributed by atoms with Gasteiger partial charge in [-0.15, -0.1) is 0 Å². The number of aryl methyl sites for hydroxylation is 1. The monoisotopic (exact) mass is 331 g/mol. The highest BCUT2D eigenvalue weighted by Crippen LogP contribution is 2.18. The number of rotatable bonds is 4. The third-order valence-corrected chi connectivity index (χ3v) is 4.54. The Labute approximate surface area is 135 Å². The van der Waals surface area contributed by atoms with E-state index in [-0.39, 0.29) is 10.7 Å². The van der Waals surface area contributed by atoms with Crippen LogP contribution in [0.4, 0.5) is 5.69 Å². The van der Waals surface area contributed by atoms with Gasteiger partial charge in [0.2, 0.25) is 0 Å². The van der Waals surface area contributed by atoms with Crippen LogP contribution in [0.25, 0.3) is 0 Å². The van der Waals surface area contributed by atoms with Gasteiger partial charge in [0.1, 0.15) is 0 Å². The van der Waals surface area contributed by atoms with E-state index >= 15 is 0 Å². The van der Waals surface area contributed by atoms with Crippen LogP contribution >= 0.6 is 0 Å². The van der Waals surface area contributed by atoms with Crippen LogP contribution in [0.2, 0.25) is 0 Å². The van der Waals surface area contributed by atoms with Gasteiger partial charge in [-0.3, -0.25) is 9.59 Å². The Balaban J connectivity index is 2.28. The summed E-state index contributed by atoms with van der Waals surface area (Å²) in [6.45, 7) is 3.20. The van der Waals surface area contributed by atoms with E-state index in [0.717, 1.165) is 6.26 Å². The van der Waals surface area contributed by atoms with Crippen molar-refractivity contribution in [3.63, 3.8) is 0 Å². The van der Waals surface area contributed by atoms with Gasteiger partial charge in [0.15, 0.2) is 15.6 Å². The summed E-state index contributed by atoms with van der Waals surface area (Å²) in [5.74, 6) is -0.455. The maximum atomic E-state index is 12.4. The van der Waals surface area contributed by atoms with Crippen molar-refractivity contribution < 1.29 is 18.0 Å². The van der Waals surface area contributed by atoms with Gasteiger partial charge in [-0.2, -0.15) is 0 Å². The third kappa shape index (κ3) is 4.04. The van der Waals surface area contributed by atoms with E-state index in [2.05, 4.69) is 5.32 Å². The number of hydrogen-bond acceptors (Lipinski definition) is 4. The second-order valence-electron chi connectivity index (χ2n) is 5.34. The number of amides is 1. The average molecular weight is 331 g/mol. The zero-order valence-electron chi connectivity index (χ0n) is 13.1. The number of hydrogen-bond donors (Lipinski definition) is 1. The summed E-state index contributed by atoms with van der Waals surface area (Å²) in [6, 6.07) is 10.9. The highest BCUT2D eigenvalue weighted by atomic mass is 32.2. The molecule has 0 radical (unpaired) electrons. The number of nitrogens with one attached hydrogen (secondary N) is 1. The Morgan fingerprint density at radius 2 is 1.61 bits per heavy atom. The van der Waals surface area contributed by atoms with Crippen LogP contribution in [0, 0.1) is 6.92 Å². The minimum Gasteiger partial charge on any atom is -0.322 e. The molecular formula is C17H17NO4S. The Hall–Kier alpha value is -2.47. The van der Waals surface area contributed by atoms with Gasteiger partial charge in [-0.05, 0) is 55.8 Å². The lowest BCUT2D eigenvalue weighted by molar-refractivity contribution is 0.101. The molecule has 1 N–H and O–H groups in total. The van der Waals surface area contributed by atoms with Gasteiger partial charge < -0.3 is 5.32 Å². The quantitative estimate of drug-likeness (QED) is 0.874. The van der Waals surface area contributed by atoms with E-state index in [1.807, 2.05) is 0 Å². The molecule has 0 aliphatic rings. The van der Waals surface area contributed by atoms with Crippen molar-refractivity contribution in [2.24, 2.45) is 0 Å². The highest BCUT2D eigenvalue weighted by molar-refractivity contribution is 7.90. The Bertz CT molecular complexity index is 868. The van der Waals surface area contributed by atoms with Crippen molar-refractivity contribution in [3.8, 4) is 0 Å². The average Bonchev–Trinajstić information content (AvgIpc) is 2.46. The molecule has 0 bridgehead atoms. The molecular weight excluding hydrogens is 314 g/mol. The minimum absolute atomic E-state index is 0.0559. The Morgan fingerprint density at radius 3 is 2.13 bits per heavy atom.